The maximum Gasteiger partial charge on any atom is 0.331 e. The smallest absolute Gasteiger partial charge is 0.331 e. The lowest BCUT2D eigenvalue weighted by Gasteiger charge is -2.18. The quantitative estimate of drug-likeness (QED) is 0.634. The number of carboxylic acid groups (broad SMARTS) is 1. The Kier molecular flexibility index (Phi) is 2.41. The van der Waals surface area contributed by atoms with Gasteiger partial charge in [-0.1, -0.05) is 0 Å². The van der Waals surface area contributed by atoms with Crippen LogP contribution >= 0.6 is 0 Å². The Bertz CT molecular complexity index is 488. The van der Waals surface area contributed by atoms with Crippen LogP contribution < -0.4 is 0 Å². The van der Waals surface area contributed by atoms with Crippen molar-refractivity contribution in [2.45, 2.75) is 38.1 Å². The lowest BCUT2D eigenvalue weighted by molar-refractivity contribution is -0.385. The minimum Gasteiger partial charge on any atom is -0.479 e. The van der Waals surface area contributed by atoms with Crippen molar-refractivity contribution < 1.29 is 14.8 Å². The van der Waals surface area contributed by atoms with Gasteiger partial charge in [0.15, 0.2) is 5.54 Å². The average molecular weight is 239 g/mol. The van der Waals surface area contributed by atoms with Gasteiger partial charge in [-0.15, -0.1) is 0 Å². The molecule has 1 aromatic heterocycles. The Hall–Kier alpha value is -1.92. The predicted octanol–water partition coefficient (Wildman–Crippen LogP) is 1.49. The second-order valence-corrected chi connectivity index (χ2v) is 4.74. The van der Waals surface area contributed by atoms with E-state index in [0.717, 1.165) is 12.8 Å². The highest BCUT2D eigenvalue weighted by Gasteiger charge is 2.38. The molecule has 1 saturated carbocycles. The first-order valence-electron chi connectivity index (χ1n) is 5.32. The Labute approximate surface area is 97.2 Å². The second kappa shape index (κ2) is 3.54. The third-order valence-electron chi connectivity index (χ3n) is 2.98. The van der Waals surface area contributed by atoms with Crippen LogP contribution in [0.2, 0.25) is 0 Å². The van der Waals surface area contributed by atoms with Gasteiger partial charge in [0.25, 0.3) is 0 Å². The molecule has 0 radical (unpaired) electrons. The minimum atomic E-state index is -1.28. The van der Waals surface area contributed by atoms with Gasteiger partial charge in [-0.2, -0.15) is 5.10 Å². The SMILES string of the molecule is CC(C)(C(=O)O)n1cc([N+](=O)[O-])c(C2CC2)n1. The highest BCUT2D eigenvalue weighted by molar-refractivity contribution is 5.75. The Morgan fingerprint density at radius 2 is 2.24 bits per heavy atom. The van der Waals surface area contributed by atoms with Gasteiger partial charge < -0.3 is 5.11 Å². The topological polar surface area (TPSA) is 98.3 Å². The first-order valence-corrected chi connectivity index (χ1v) is 5.32. The zero-order valence-corrected chi connectivity index (χ0v) is 9.58. The Balaban J connectivity index is 2.47. The molecule has 1 aliphatic rings. The van der Waals surface area contributed by atoms with Crippen molar-refractivity contribution in [3.05, 3.63) is 22.0 Å². The molecular formula is C10H13N3O4. The summed E-state index contributed by atoms with van der Waals surface area (Å²) >= 11 is 0. The zero-order valence-electron chi connectivity index (χ0n) is 9.58. The maximum atomic E-state index is 11.1. The van der Waals surface area contributed by atoms with Crippen LogP contribution in [-0.2, 0) is 10.3 Å². The van der Waals surface area contributed by atoms with Gasteiger partial charge in [0, 0.05) is 5.92 Å². The van der Waals surface area contributed by atoms with Crippen molar-refractivity contribution in [1.82, 2.24) is 9.78 Å². The third kappa shape index (κ3) is 1.88. The van der Waals surface area contributed by atoms with E-state index in [2.05, 4.69) is 5.10 Å². The van der Waals surface area contributed by atoms with Crippen LogP contribution in [0.25, 0.3) is 0 Å². The average Bonchev–Trinajstić information content (AvgIpc) is 2.96. The molecule has 0 aliphatic heterocycles. The first-order chi connectivity index (χ1) is 7.84. The van der Waals surface area contributed by atoms with Crippen molar-refractivity contribution in [3.8, 4) is 0 Å². The molecule has 7 heteroatoms. The van der Waals surface area contributed by atoms with Crippen LogP contribution in [0.5, 0.6) is 0 Å². The van der Waals surface area contributed by atoms with Crippen LogP contribution in [0.3, 0.4) is 0 Å². The Morgan fingerprint density at radius 1 is 1.65 bits per heavy atom. The molecule has 0 aromatic carbocycles. The van der Waals surface area contributed by atoms with Crippen LogP contribution in [-0.4, -0.2) is 25.8 Å². The molecule has 1 heterocycles. The van der Waals surface area contributed by atoms with E-state index < -0.39 is 16.4 Å². The van der Waals surface area contributed by atoms with Gasteiger partial charge in [-0.25, -0.2) is 9.48 Å². The van der Waals surface area contributed by atoms with Gasteiger partial charge in [0.2, 0.25) is 0 Å². The summed E-state index contributed by atoms with van der Waals surface area (Å²) in [7, 11) is 0. The molecule has 17 heavy (non-hydrogen) atoms. The lowest BCUT2D eigenvalue weighted by Crippen LogP contribution is -2.36. The fourth-order valence-electron chi connectivity index (χ4n) is 1.55. The molecule has 0 atom stereocenters. The van der Waals surface area contributed by atoms with E-state index in [1.54, 1.807) is 0 Å². The number of carbonyl (C=O) groups is 1. The van der Waals surface area contributed by atoms with E-state index in [0.29, 0.717) is 5.69 Å². The number of carboxylic acids is 1. The molecular weight excluding hydrogens is 226 g/mol. The standard InChI is InChI=1S/C10H13N3O4/c1-10(2,9(14)15)12-5-7(13(16)17)8(11-12)6-3-4-6/h5-6H,3-4H2,1-2H3,(H,14,15). The largest absolute Gasteiger partial charge is 0.479 e. The van der Waals surface area contributed by atoms with Gasteiger partial charge in [-0.3, -0.25) is 10.1 Å². The summed E-state index contributed by atoms with van der Waals surface area (Å²) in [4.78, 5) is 21.4. The lowest BCUT2D eigenvalue weighted by atomic mass is 10.1. The van der Waals surface area contributed by atoms with Crippen molar-refractivity contribution in [2.24, 2.45) is 0 Å². The van der Waals surface area contributed by atoms with Gasteiger partial charge in [0.1, 0.15) is 11.9 Å². The van der Waals surface area contributed by atoms with Crippen molar-refractivity contribution in [1.29, 1.82) is 0 Å². The summed E-state index contributed by atoms with van der Waals surface area (Å²) in [6, 6.07) is 0. The predicted molar refractivity (Wildman–Crippen MR) is 57.8 cm³/mol. The van der Waals surface area contributed by atoms with E-state index in [4.69, 9.17) is 5.11 Å². The van der Waals surface area contributed by atoms with E-state index in [1.807, 2.05) is 0 Å². The van der Waals surface area contributed by atoms with Crippen molar-refractivity contribution in [2.75, 3.05) is 0 Å². The van der Waals surface area contributed by atoms with Gasteiger partial charge >= 0.3 is 11.7 Å². The number of nitro groups is 1. The van der Waals surface area contributed by atoms with E-state index in [9.17, 15) is 14.9 Å². The van der Waals surface area contributed by atoms with Crippen LogP contribution in [0.1, 0.15) is 38.3 Å². The highest BCUT2D eigenvalue weighted by Crippen LogP contribution is 2.43. The molecule has 7 nitrogen and oxygen atoms in total. The summed E-state index contributed by atoms with van der Waals surface area (Å²) in [5, 5.41) is 24.0. The molecule has 1 aliphatic carbocycles. The zero-order chi connectivity index (χ0) is 12.8. The molecule has 92 valence electrons. The van der Waals surface area contributed by atoms with Crippen LogP contribution in [0, 0.1) is 10.1 Å². The summed E-state index contributed by atoms with van der Waals surface area (Å²) in [6.07, 6.45) is 2.97. The van der Waals surface area contributed by atoms with Gasteiger partial charge in [0.05, 0.1) is 4.92 Å². The summed E-state index contributed by atoms with van der Waals surface area (Å²) in [5.74, 6) is -0.960. The molecule has 0 bridgehead atoms. The van der Waals surface area contributed by atoms with Crippen molar-refractivity contribution in [3.63, 3.8) is 0 Å². The summed E-state index contributed by atoms with van der Waals surface area (Å²) < 4.78 is 1.17. The fraction of sp³-hybridized carbons (Fsp3) is 0.600. The first kappa shape index (κ1) is 11.6. The Morgan fingerprint density at radius 3 is 2.65 bits per heavy atom. The molecule has 1 fully saturated rings. The van der Waals surface area contributed by atoms with Crippen molar-refractivity contribution >= 4 is 11.7 Å². The number of hydrogen-bond acceptors (Lipinski definition) is 4. The molecule has 1 N–H and O–H groups in total. The molecule has 0 saturated heterocycles. The molecule has 1 aromatic rings. The fourth-order valence-corrected chi connectivity index (χ4v) is 1.55. The van der Waals surface area contributed by atoms with Crippen LogP contribution in [0.15, 0.2) is 6.20 Å². The molecule has 2 rings (SSSR count). The number of aromatic nitrogens is 2. The number of hydrogen-bond donors (Lipinski definition) is 1. The van der Waals surface area contributed by atoms with E-state index in [1.165, 1.54) is 24.7 Å². The number of rotatable bonds is 4. The monoisotopic (exact) mass is 239 g/mol. The van der Waals surface area contributed by atoms with Gasteiger partial charge in [-0.05, 0) is 26.7 Å². The normalized spacial score (nSPS) is 15.9. The summed E-state index contributed by atoms with van der Waals surface area (Å²) in [6.45, 7) is 2.92. The molecule has 0 amide bonds. The highest BCUT2D eigenvalue weighted by atomic mass is 16.6. The van der Waals surface area contributed by atoms with E-state index in [-0.39, 0.29) is 11.6 Å². The number of aliphatic carboxylic acids is 1. The maximum absolute atomic E-state index is 11.1. The number of nitrogens with zero attached hydrogens (tertiary/aromatic N) is 3. The minimum absolute atomic E-state index is 0.0816. The second-order valence-electron chi connectivity index (χ2n) is 4.74. The summed E-state index contributed by atoms with van der Waals surface area (Å²) in [5.41, 5.74) is -0.955. The molecule has 0 spiro atoms. The molecule has 0 unspecified atom stereocenters. The van der Waals surface area contributed by atoms with Crippen LogP contribution in [0.4, 0.5) is 5.69 Å². The third-order valence-corrected chi connectivity index (χ3v) is 2.98. The van der Waals surface area contributed by atoms with E-state index >= 15 is 0 Å².